The molecule has 0 radical (unpaired) electrons. The second-order valence-electron chi connectivity index (χ2n) is 6.36. The van der Waals surface area contributed by atoms with Crippen LogP contribution in [0.5, 0.6) is 0 Å². The first-order chi connectivity index (χ1) is 10.5. The summed E-state index contributed by atoms with van der Waals surface area (Å²) in [4.78, 5) is -0.315. The number of nitrogens with one attached hydrogen (secondary N) is 2. The van der Waals surface area contributed by atoms with E-state index in [2.05, 4.69) is 10.0 Å². The molecule has 2 N–H and O–H groups in total. The molecule has 0 spiro atoms. The van der Waals surface area contributed by atoms with Crippen LogP contribution in [0.2, 0.25) is 0 Å². The van der Waals surface area contributed by atoms with Crippen molar-refractivity contribution in [2.45, 2.75) is 37.8 Å². The van der Waals surface area contributed by atoms with Crippen molar-refractivity contribution < 1.29 is 21.6 Å². The summed E-state index contributed by atoms with van der Waals surface area (Å²) in [7, 11) is -3.98. The number of halogens is 4. The molecule has 0 bridgehead atoms. The monoisotopic (exact) mass is 386 g/mol. The minimum Gasteiger partial charge on any atom is -0.317 e. The molecular weight excluding hydrogens is 365 g/mol. The second kappa shape index (κ2) is 7.59. The zero-order valence-corrected chi connectivity index (χ0v) is 15.2. The molecule has 1 aliphatic heterocycles. The Morgan fingerprint density at radius 1 is 1.25 bits per heavy atom. The van der Waals surface area contributed by atoms with Crippen molar-refractivity contribution in [3.63, 3.8) is 0 Å². The van der Waals surface area contributed by atoms with Gasteiger partial charge in [0.2, 0.25) is 10.0 Å². The van der Waals surface area contributed by atoms with Gasteiger partial charge in [0.05, 0.1) is 10.5 Å². The maximum absolute atomic E-state index is 12.8. The van der Waals surface area contributed by atoms with E-state index in [1.165, 1.54) is 13.0 Å². The molecule has 1 aliphatic rings. The lowest BCUT2D eigenvalue weighted by Gasteiger charge is -2.34. The van der Waals surface area contributed by atoms with Crippen LogP contribution in [-0.2, 0) is 16.2 Å². The molecule has 2 rings (SSSR count). The van der Waals surface area contributed by atoms with Crippen molar-refractivity contribution in [3.05, 3.63) is 29.3 Å². The van der Waals surface area contributed by atoms with Gasteiger partial charge in [0.25, 0.3) is 0 Å². The van der Waals surface area contributed by atoms with Crippen LogP contribution in [-0.4, -0.2) is 28.1 Å². The van der Waals surface area contributed by atoms with Crippen LogP contribution in [0.25, 0.3) is 0 Å². The fourth-order valence-electron chi connectivity index (χ4n) is 2.62. The molecule has 1 heterocycles. The normalized spacial score (nSPS) is 18.0. The van der Waals surface area contributed by atoms with Crippen LogP contribution in [0.1, 0.15) is 30.9 Å². The van der Waals surface area contributed by atoms with E-state index >= 15 is 0 Å². The van der Waals surface area contributed by atoms with Crippen molar-refractivity contribution in [1.82, 2.24) is 10.0 Å². The van der Waals surface area contributed by atoms with Crippen molar-refractivity contribution in [1.29, 1.82) is 0 Å². The minimum absolute atomic E-state index is 0. The van der Waals surface area contributed by atoms with Crippen LogP contribution in [0.4, 0.5) is 13.2 Å². The smallest absolute Gasteiger partial charge is 0.317 e. The predicted molar refractivity (Wildman–Crippen MR) is 88.8 cm³/mol. The molecule has 0 unspecified atom stereocenters. The van der Waals surface area contributed by atoms with E-state index < -0.39 is 21.8 Å². The molecule has 0 atom stereocenters. The Hall–Kier alpha value is -0.830. The molecule has 138 valence electrons. The van der Waals surface area contributed by atoms with Crippen molar-refractivity contribution in [2.75, 3.05) is 19.6 Å². The highest BCUT2D eigenvalue weighted by Gasteiger charge is 2.33. The number of aryl methyl sites for hydroxylation is 1. The van der Waals surface area contributed by atoms with E-state index in [9.17, 15) is 21.6 Å². The van der Waals surface area contributed by atoms with Gasteiger partial charge < -0.3 is 5.32 Å². The Morgan fingerprint density at radius 2 is 1.83 bits per heavy atom. The molecule has 0 amide bonds. The zero-order valence-electron chi connectivity index (χ0n) is 13.5. The number of hydrogen-bond acceptors (Lipinski definition) is 3. The number of sulfonamides is 1. The summed E-state index contributed by atoms with van der Waals surface area (Å²) in [5.41, 5.74) is -0.856. The van der Waals surface area contributed by atoms with Crippen LogP contribution in [0, 0.1) is 12.3 Å². The number of alkyl halides is 3. The fourth-order valence-corrected chi connectivity index (χ4v) is 4.09. The minimum atomic E-state index is -4.57. The van der Waals surface area contributed by atoms with Crippen LogP contribution in [0.15, 0.2) is 23.1 Å². The van der Waals surface area contributed by atoms with Crippen LogP contribution >= 0.6 is 12.4 Å². The third kappa shape index (κ3) is 5.08. The van der Waals surface area contributed by atoms with Gasteiger partial charge >= 0.3 is 6.18 Å². The first-order valence-corrected chi connectivity index (χ1v) is 8.90. The van der Waals surface area contributed by atoms with Gasteiger partial charge in [-0.05, 0) is 56.0 Å². The van der Waals surface area contributed by atoms with Gasteiger partial charge in [-0.2, -0.15) is 13.2 Å². The largest absolute Gasteiger partial charge is 0.416 e. The summed E-state index contributed by atoms with van der Waals surface area (Å²) in [6.45, 7) is 5.30. The first kappa shape index (κ1) is 21.2. The summed E-state index contributed by atoms with van der Waals surface area (Å²) in [5, 5.41) is 3.20. The number of piperidine rings is 1. The molecule has 4 nitrogen and oxygen atoms in total. The van der Waals surface area contributed by atoms with Crippen molar-refractivity contribution in [3.8, 4) is 0 Å². The predicted octanol–water partition coefficient (Wildman–Crippen LogP) is 3.10. The number of rotatable bonds is 4. The van der Waals surface area contributed by atoms with Gasteiger partial charge in [0.15, 0.2) is 0 Å². The van der Waals surface area contributed by atoms with Gasteiger partial charge in [-0.25, -0.2) is 13.1 Å². The highest BCUT2D eigenvalue weighted by Crippen LogP contribution is 2.32. The first-order valence-electron chi connectivity index (χ1n) is 7.42. The maximum atomic E-state index is 12.8. The lowest BCUT2D eigenvalue weighted by molar-refractivity contribution is -0.137. The number of benzene rings is 1. The summed E-state index contributed by atoms with van der Waals surface area (Å²) < 4.78 is 65.7. The van der Waals surface area contributed by atoms with Crippen LogP contribution in [0.3, 0.4) is 0 Å². The fraction of sp³-hybridized carbons (Fsp3) is 0.600. The molecule has 0 aromatic heterocycles. The summed E-state index contributed by atoms with van der Waals surface area (Å²) >= 11 is 0. The highest BCUT2D eigenvalue weighted by atomic mass is 35.5. The lowest BCUT2D eigenvalue weighted by Crippen LogP contribution is -2.43. The Bertz CT molecular complexity index is 672. The van der Waals surface area contributed by atoms with Gasteiger partial charge in [-0.15, -0.1) is 12.4 Å². The van der Waals surface area contributed by atoms with E-state index in [1.807, 2.05) is 6.92 Å². The van der Waals surface area contributed by atoms with Gasteiger partial charge in [0.1, 0.15) is 0 Å². The quantitative estimate of drug-likeness (QED) is 0.836. The number of hydrogen-bond donors (Lipinski definition) is 2. The van der Waals surface area contributed by atoms with E-state index in [0.29, 0.717) is 11.6 Å². The highest BCUT2D eigenvalue weighted by molar-refractivity contribution is 7.89. The van der Waals surface area contributed by atoms with Crippen molar-refractivity contribution in [2.24, 2.45) is 5.41 Å². The Morgan fingerprint density at radius 3 is 2.38 bits per heavy atom. The second-order valence-corrected chi connectivity index (χ2v) is 8.10. The van der Waals surface area contributed by atoms with Crippen molar-refractivity contribution >= 4 is 22.4 Å². The maximum Gasteiger partial charge on any atom is 0.416 e. The van der Waals surface area contributed by atoms with E-state index in [0.717, 1.165) is 32.0 Å². The molecule has 1 saturated heterocycles. The molecule has 24 heavy (non-hydrogen) atoms. The molecule has 1 aromatic rings. The molecule has 1 aromatic carbocycles. The van der Waals surface area contributed by atoms with Gasteiger partial charge in [0, 0.05) is 6.54 Å². The zero-order chi connectivity index (χ0) is 17.3. The summed E-state index contributed by atoms with van der Waals surface area (Å²) in [5.74, 6) is 0. The summed E-state index contributed by atoms with van der Waals surface area (Å²) in [6, 6.07) is 2.77. The summed E-state index contributed by atoms with van der Waals surface area (Å²) in [6.07, 6.45) is -2.94. The average molecular weight is 387 g/mol. The lowest BCUT2D eigenvalue weighted by atomic mass is 9.81. The standard InChI is InChI=1S/C15H21F3N2O2S.ClH/c1-11-3-4-12(15(16,17)18)9-13(11)23(21,22)20-10-14(2)5-7-19-8-6-14;/h3-4,9,19-20H,5-8,10H2,1-2H3;1H. The Labute approximate surface area is 146 Å². The Kier molecular flexibility index (Phi) is 6.71. The molecule has 0 aliphatic carbocycles. The topological polar surface area (TPSA) is 58.2 Å². The molecule has 1 fully saturated rings. The third-order valence-electron chi connectivity index (χ3n) is 4.30. The Balaban J connectivity index is 0.00000288. The molecular formula is C15H22ClF3N2O2S. The average Bonchev–Trinajstić information content (AvgIpc) is 2.45. The SMILES string of the molecule is Cc1ccc(C(F)(F)F)cc1S(=O)(=O)NCC1(C)CCNCC1.Cl. The molecule has 9 heteroatoms. The van der Waals surface area contributed by atoms with Crippen LogP contribution < -0.4 is 10.0 Å². The third-order valence-corrected chi connectivity index (χ3v) is 5.85. The van der Waals surface area contributed by atoms with Gasteiger partial charge in [-0.3, -0.25) is 0 Å². The van der Waals surface area contributed by atoms with E-state index in [4.69, 9.17) is 0 Å². The van der Waals surface area contributed by atoms with E-state index in [-0.39, 0.29) is 29.3 Å². The van der Waals surface area contributed by atoms with Gasteiger partial charge in [-0.1, -0.05) is 13.0 Å². The van der Waals surface area contributed by atoms with E-state index in [1.54, 1.807) is 0 Å². The molecule has 0 saturated carbocycles.